The van der Waals surface area contributed by atoms with Gasteiger partial charge in [-0.1, -0.05) is 12.1 Å². The van der Waals surface area contributed by atoms with E-state index in [2.05, 4.69) is 10.3 Å². The van der Waals surface area contributed by atoms with Gasteiger partial charge in [-0.15, -0.1) is 0 Å². The summed E-state index contributed by atoms with van der Waals surface area (Å²) in [4.78, 5) is 26.3. The minimum Gasteiger partial charge on any atom is -0.321 e. The molecular weight excluding hydrogens is 301 g/mol. The van der Waals surface area contributed by atoms with Crippen molar-refractivity contribution in [3.63, 3.8) is 0 Å². The second-order valence-electron chi connectivity index (χ2n) is 4.75. The monoisotopic (exact) mass is 311 g/mol. The molecule has 0 aliphatic carbocycles. The Morgan fingerprint density at radius 1 is 1.13 bits per heavy atom. The van der Waals surface area contributed by atoms with E-state index in [4.69, 9.17) is 0 Å². The predicted molar refractivity (Wildman–Crippen MR) is 82.8 cm³/mol. The largest absolute Gasteiger partial charge is 0.321 e. The number of carbonyl (C=O) groups excluding carboxylic acids is 1. The highest BCUT2D eigenvalue weighted by atomic mass is 19.1. The van der Waals surface area contributed by atoms with Gasteiger partial charge in [-0.3, -0.25) is 19.9 Å². The smallest absolute Gasteiger partial charge is 0.269 e. The molecule has 3 rings (SSSR count). The number of anilines is 1. The molecule has 1 amide bonds. The van der Waals surface area contributed by atoms with Crippen LogP contribution in [0.5, 0.6) is 0 Å². The molecule has 2 aromatic carbocycles. The van der Waals surface area contributed by atoms with Crippen molar-refractivity contribution in [2.45, 2.75) is 0 Å². The minimum absolute atomic E-state index is 0.0991. The highest BCUT2D eigenvalue weighted by molar-refractivity contribution is 6.08. The Bertz CT molecular complexity index is 910. The van der Waals surface area contributed by atoms with Crippen molar-refractivity contribution in [3.8, 4) is 0 Å². The molecule has 0 saturated carbocycles. The first-order chi connectivity index (χ1) is 11.1. The molecule has 0 atom stereocenters. The number of benzene rings is 2. The second kappa shape index (κ2) is 5.80. The number of hydrogen-bond donors (Lipinski definition) is 1. The van der Waals surface area contributed by atoms with E-state index in [-0.39, 0.29) is 16.8 Å². The first kappa shape index (κ1) is 14.6. The molecule has 7 heteroatoms. The molecule has 0 unspecified atom stereocenters. The Hall–Kier alpha value is -3.35. The molecule has 0 radical (unpaired) electrons. The van der Waals surface area contributed by atoms with Gasteiger partial charge in [0.25, 0.3) is 11.6 Å². The molecule has 0 bridgehead atoms. The number of aromatic nitrogens is 1. The molecule has 1 N–H and O–H groups in total. The van der Waals surface area contributed by atoms with Gasteiger partial charge in [0.15, 0.2) is 0 Å². The van der Waals surface area contributed by atoms with Crippen molar-refractivity contribution in [1.29, 1.82) is 0 Å². The number of carbonyl (C=O) groups is 1. The first-order valence-corrected chi connectivity index (χ1v) is 6.65. The Morgan fingerprint density at radius 2 is 1.87 bits per heavy atom. The number of amides is 1. The summed E-state index contributed by atoms with van der Waals surface area (Å²) in [6, 6.07) is 11.2. The number of para-hydroxylation sites is 1. The predicted octanol–water partition coefficient (Wildman–Crippen LogP) is 3.53. The Kier molecular flexibility index (Phi) is 3.68. The van der Waals surface area contributed by atoms with Gasteiger partial charge in [0.1, 0.15) is 11.3 Å². The van der Waals surface area contributed by atoms with Crippen molar-refractivity contribution >= 4 is 28.2 Å². The normalized spacial score (nSPS) is 10.5. The van der Waals surface area contributed by atoms with Crippen LogP contribution in [0.25, 0.3) is 10.9 Å². The van der Waals surface area contributed by atoms with Crippen LogP contribution < -0.4 is 5.32 Å². The Labute approximate surface area is 129 Å². The first-order valence-electron chi connectivity index (χ1n) is 6.65. The molecule has 0 aliphatic rings. The summed E-state index contributed by atoms with van der Waals surface area (Å²) in [7, 11) is 0. The average Bonchev–Trinajstić information content (AvgIpc) is 2.56. The van der Waals surface area contributed by atoms with Crippen LogP contribution >= 0.6 is 0 Å². The number of non-ortho nitro benzene ring substituents is 1. The molecule has 0 spiro atoms. The van der Waals surface area contributed by atoms with Crippen LogP contribution in [0.2, 0.25) is 0 Å². The zero-order chi connectivity index (χ0) is 16.4. The summed E-state index contributed by atoms with van der Waals surface area (Å²) < 4.78 is 13.7. The second-order valence-corrected chi connectivity index (χ2v) is 4.75. The summed E-state index contributed by atoms with van der Waals surface area (Å²) >= 11 is 0. The lowest BCUT2D eigenvalue weighted by Crippen LogP contribution is -2.12. The Balaban J connectivity index is 1.91. The van der Waals surface area contributed by atoms with Crippen molar-refractivity contribution in [1.82, 2.24) is 4.98 Å². The van der Waals surface area contributed by atoms with E-state index in [9.17, 15) is 19.3 Å². The molecule has 23 heavy (non-hydrogen) atoms. The van der Waals surface area contributed by atoms with Crippen LogP contribution in [-0.4, -0.2) is 15.8 Å². The minimum atomic E-state index is -0.541. The highest BCUT2D eigenvalue weighted by Gasteiger charge is 2.12. The molecule has 1 heterocycles. The standard InChI is InChI=1S/C16H10FN3O3/c17-13-3-1-2-12-14(8-9-18-15(12)13)19-16(21)10-4-6-11(7-5-10)20(22)23/h1-9H,(H,18,19,21). The van der Waals surface area contributed by atoms with Gasteiger partial charge < -0.3 is 5.32 Å². The van der Waals surface area contributed by atoms with Crippen LogP contribution in [0.3, 0.4) is 0 Å². The van der Waals surface area contributed by atoms with Crippen LogP contribution in [-0.2, 0) is 0 Å². The van der Waals surface area contributed by atoms with Crippen LogP contribution in [0, 0.1) is 15.9 Å². The van der Waals surface area contributed by atoms with E-state index in [1.165, 1.54) is 42.6 Å². The molecule has 0 saturated heterocycles. The van der Waals surface area contributed by atoms with Gasteiger partial charge in [-0.2, -0.15) is 0 Å². The number of nitro benzene ring substituents is 1. The van der Waals surface area contributed by atoms with Gasteiger partial charge in [0, 0.05) is 29.3 Å². The molecule has 114 valence electrons. The third-order valence-electron chi connectivity index (χ3n) is 3.31. The van der Waals surface area contributed by atoms with Gasteiger partial charge in [-0.05, 0) is 24.3 Å². The van der Waals surface area contributed by atoms with E-state index in [0.29, 0.717) is 11.1 Å². The third kappa shape index (κ3) is 2.84. The number of nitro groups is 1. The quantitative estimate of drug-likeness (QED) is 0.592. The number of nitrogens with zero attached hydrogens (tertiary/aromatic N) is 2. The summed E-state index contributed by atoms with van der Waals surface area (Å²) in [6.07, 6.45) is 1.40. The molecule has 0 aliphatic heterocycles. The number of rotatable bonds is 3. The lowest BCUT2D eigenvalue weighted by atomic mass is 10.1. The molecule has 1 aromatic heterocycles. The van der Waals surface area contributed by atoms with Crippen LogP contribution in [0.15, 0.2) is 54.7 Å². The summed E-state index contributed by atoms with van der Waals surface area (Å²) in [5.74, 6) is -0.925. The molecular formula is C16H10FN3O3. The van der Waals surface area contributed by atoms with E-state index >= 15 is 0 Å². The molecule has 6 nitrogen and oxygen atoms in total. The fourth-order valence-electron chi connectivity index (χ4n) is 2.18. The lowest BCUT2D eigenvalue weighted by molar-refractivity contribution is -0.384. The van der Waals surface area contributed by atoms with Crippen molar-refractivity contribution < 1.29 is 14.1 Å². The number of hydrogen-bond acceptors (Lipinski definition) is 4. The highest BCUT2D eigenvalue weighted by Crippen LogP contribution is 2.24. The number of halogens is 1. The SMILES string of the molecule is O=C(Nc1ccnc2c(F)cccc12)c1ccc([N+](=O)[O-])cc1. The van der Waals surface area contributed by atoms with Crippen molar-refractivity contribution in [2.24, 2.45) is 0 Å². The molecule has 3 aromatic rings. The van der Waals surface area contributed by atoms with Crippen molar-refractivity contribution in [3.05, 3.63) is 76.2 Å². The lowest BCUT2D eigenvalue weighted by Gasteiger charge is -2.08. The zero-order valence-electron chi connectivity index (χ0n) is 11.7. The summed E-state index contributed by atoms with van der Waals surface area (Å²) in [6.45, 7) is 0. The average molecular weight is 311 g/mol. The van der Waals surface area contributed by atoms with E-state index < -0.39 is 16.6 Å². The van der Waals surface area contributed by atoms with Gasteiger partial charge in [0.2, 0.25) is 0 Å². The summed E-state index contributed by atoms with van der Waals surface area (Å²) in [5, 5.41) is 13.8. The summed E-state index contributed by atoms with van der Waals surface area (Å²) in [5.41, 5.74) is 0.738. The number of nitrogens with one attached hydrogen (secondary N) is 1. The van der Waals surface area contributed by atoms with Gasteiger partial charge >= 0.3 is 0 Å². The van der Waals surface area contributed by atoms with Crippen LogP contribution in [0.1, 0.15) is 10.4 Å². The topological polar surface area (TPSA) is 85.1 Å². The Morgan fingerprint density at radius 3 is 2.57 bits per heavy atom. The number of pyridine rings is 1. The fraction of sp³-hybridized carbons (Fsp3) is 0. The maximum absolute atomic E-state index is 13.7. The third-order valence-corrected chi connectivity index (χ3v) is 3.31. The number of fused-ring (bicyclic) bond motifs is 1. The van der Waals surface area contributed by atoms with Crippen LogP contribution in [0.4, 0.5) is 15.8 Å². The van der Waals surface area contributed by atoms with E-state index in [1.54, 1.807) is 12.1 Å². The maximum Gasteiger partial charge on any atom is 0.269 e. The zero-order valence-corrected chi connectivity index (χ0v) is 11.7. The van der Waals surface area contributed by atoms with Gasteiger partial charge in [0.05, 0.1) is 10.6 Å². The van der Waals surface area contributed by atoms with E-state index in [0.717, 1.165) is 0 Å². The van der Waals surface area contributed by atoms with Crippen molar-refractivity contribution in [2.75, 3.05) is 5.32 Å². The van der Waals surface area contributed by atoms with Gasteiger partial charge in [-0.25, -0.2) is 4.39 Å². The maximum atomic E-state index is 13.7. The molecule has 0 fully saturated rings. The van der Waals surface area contributed by atoms with E-state index in [1.807, 2.05) is 0 Å². The fourth-order valence-corrected chi connectivity index (χ4v) is 2.18.